The third-order valence-electron chi connectivity index (χ3n) is 8.61. The molecule has 0 N–H and O–H groups in total. The smallest absolute Gasteiger partial charge is 0.129 e. The van der Waals surface area contributed by atoms with Crippen molar-refractivity contribution in [2.24, 2.45) is 5.92 Å². The molecule has 1 saturated carbocycles. The monoisotopic (exact) mass is 466 g/mol. The molecule has 1 unspecified atom stereocenters. The SMILES string of the molecule is CCCCCc1ccc2c(c1)CCC(c1c(F)cc(C3CCC(CCCCC)CC3)cc1F)C2. The molecule has 0 nitrogen and oxygen atoms in total. The van der Waals surface area contributed by atoms with E-state index < -0.39 is 0 Å². The maximum atomic E-state index is 15.3. The van der Waals surface area contributed by atoms with Gasteiger partial charge in [-0.3, -0.25) is 0 Å². The summed E-state index contributed by atoms with van der Waals surface area (Å²) in [6.07, 6.45) is 17.2. The molecule has 2 aliphatic rings. The summed E-state index contributed by atoms with van der Waals surface area (Å²) in [5, 5.41) is 0. The molecule has 2 heteroatoms. The summed E-state index contributed by atoms with van der Waals surface area (Å²) >= 11 is 0. The Balaban J connectivity index is 1.39. The highest BCUT2D eigenvalue weighted by molar-refractivity contribution is 5.39. The van der Waals surface area contributed by atoms with Gasteiger partial charge in [-0.2, -0.15) is 0 Å². The second-order valence-corrected chi connectivity index (χ2v) is 11.1. The van der Waals surface area contributed by atoms with Crippen LogP contribution in [0, 0.1) is 17.6 Å². The van der Waals surface area contributed by atoms with Crippen molar-refractivity contribution in [2.45, 2.75) is 122 Å². The Morgan fingerprint density at radius 1 is 0.735 bits per heavy atom. The Hall–Kier alpha value is -1.70. The summed E-state index contributed by atoms with van der Waals surface area (Å²) in [5.74, 6) is 0.445. The van der Waals surface area contributed by atoms with Crippen LogP contribution < -0.4 is 0 Å². The predicted octanol–water partition coefficient (Wildman–Crippen LogP) is 9.82. The normalized spacial score (nSPS) is 22.5. The number of aryl methyl sites for hydroxylation is 2. The third kappa shape index (κ3) is 6.29. The van der Waals surface area contributed by atoms with Crippen molar-refractivity contribution in [1.82, 2.24) is 0 Å². The number of rotatable bonds is 10. The maximum absolute atomic E-state index is 15.3. The Morgan fingerprint density at radius 3 is 2.15 bits per heavy atom. The predicted molar refractivity (Wildman–Crippen MR) is 140 cm³/mol. The van der Waals surface area contributed by atoms with E-state index in [0.717, 1.165) is 50.0 Å². The van der Waals surface area contributed by atoms with Gasteiger partial charge in [-0.25, -0.2) is 8.78 Å². The molecule has 0 saturated heterocycles. The van der Waals surface area contributed by atoms with Crippen LogP contribution in [0.1, 0.15) is 131 Å². The van der Waals surface area contributed by atoms with Gasteiger partial charge in [0.05, 0.1) is 0 Å². The van der Waals surface area contributed by atoms with Gasteiger partial charge in [0.1, 0.15) is 11.6 Å². The van der Waals surface area contributed by atoms with E-state index in [9.17, 15) is 0 Å². The summed E-state index contributed by atoms with van der Waals surface area (Å²) in [7, 11) is 0. The molecule has 2 aromatic carbocycles. The molecule has 1 fully saturated rings. The lowest BCUT2D eigenvalue weighted by Crippen LogP contribution is -2.17. The number of halogens is 2. The molecule has 0 aromatic heterocycles. The lowest BCUT2D eigenvalue weighted by Gasteiger charge is -2.30. The highest BCUT2D eigenvalue weighted by atomic mass is 19.1. The molecule has 0 heterocycles. The number of fused-ring (bicyclic) bond motifs is 1. The molecule has 34 heavy (non-hydrogen) atoms. The lowest BCUT2D eigenvalue weighted by atomic mass is 9.75. The van der Waals surface area contributed by atoms with Gasteiger partial charge in [-0.05, 0) is 110 Å². The van der Waals surface area contributed by atoms with E-state index in [2.05, 4.69) is 32.0 Å². The largest absolute Gasteiger partial charge is 0.207 e. The first kappa shape index (κ1) is 25.4. The van der Waals surface area contributed by atoms with Crippen LogP contribution in [-0.4, -0.2) is 0 Å². The topological polar surface area (TPSA) is 0 Å². The lowest BCUT2D eigenvalue weighted by molar-refractivity contribution is 0.302. The van der Waals surface area contributed by atoms with E-state index in [1.165, 1.54) is 74.5 Å². The first-order chi connectivity index (χ1) is 16.6. The van der Waals surface area contributed by atoms with Crippen molar-refractivity contribution >= 4 is 0 Å². The fraction of sp³-hybridized carbons (Fsp3) is 0.625. The molecule has 0 radical (unpaired) electrons. The van der Waals surface area contributed by atoms with Crippen LogP contribution in [0.2, 0.25) is 0 Å². The summed E-state index contributed by atoms with van der Waals surface area (Å²) < 4.78 is 30.6. The molecular weight excluding hydrogens is 422 g/mol. The third-order valence-corrected chi connectivity index (χ3v) is 8.61. The zero-order valence-corrected chi connectivity index (χ0v) is 21.5. The van der Waals surface area contributed by atoms with Crippen LogP contribution in [0.5, 0.6) is 0 Å². The van der Waals surface area contributed by atoms with Crippen molar-refractivity contribution in [1.29, 1.82) is 0 Å². The highest BCUT2D eigenvalue weighted by Crippen LogP contribution is 2.41. The molecule has 4 rings (SSSR count). The van der Waals surface area contributed by atoms with Crippen LogP contribution in [0.25, 0.3) is 0 Å². The van der Waals surface area contributed by atoms with Crippen LogP contribution in [-0.2, 0) is 19.3 Å². The van der Waals surface area contributed by atoms with E-state index >= 15 is 8.78 Å². The van der Waals surface area contributed by atoms with Gasteiger partial charge in [-0.1, -0.05) is 70.6 Å². The van der Waals surface area contributed by atoms with Crippen molar-refractivity contribution in [3.8, 4) is 0 Å². The molecule has 2 aromatic rings. The Labute approximate surface area is 206 Å². The van der Waals surface area contributed by atoms with E-state index in [1.807, 2.05) is 0 Å². The minimum absolute atomic E-state index is 0.0539. The quantitative estimate of drug-likeness (QED) is 0.306. The molecule has 1 atom stereocenters. The van der Waals surface area contributed by atoms with Gasteiger partial charge in [0, 0.05) is 5.56 Å². The number of unbranched alkanes of at least 4 members (excludes halogenated alkanes) is 4. The highest BCUT2D eigenvalue weighted by Gasteiger charge is 2.28. The molecule has 0 aliphatic heterocycles. The average molecular weight is 467 g/mol. The van der Waals surface area contributed by atoms with E-state index in [-0.39, 0.29) is 17.6 Å². The Kier molecular flexibility index (Phi) is 9.20. The first-order valence-corrected chi connectivity index (χ1v) is 14.2. The van der Waals surface area contributed by atoms with E-state index in [1.54, 1.807) is 12.1 Å². The fourth-order valence-corrected chi connectivity index (χ4v) is 6.49. The zero-order valence-electron chi connectivity index (χ0n) is 21.5. The minimum Gasteiger partial charge on any atom is -0.207 e. The summed E-state index contributed by atoms with van der Waals surface area (Å²) in [6, 6.07) is 10.1. The first-order valence-electron chi connectivity index (χ1n) is 14.2. The van der Waals surface area contributed by atoms with Crippen molar-refractivity contribution < 1.29 is 8.78 Å². The van der Waals surface area contributed by atoms with Crippen molar-refractivity contribution in [3.05, 3.63) is 69.8 Å². The second kappa shape index (κ2) is 12.3. The van der Waals surface area contributed by atoms with Crippen LogP contribution in [0.3, 0.4) is 0 Å². The van der Waals surface area contributed by atoms with Gasteiger partial charge in [0.2, 0.25) is 0 Å². The number of hydrogen-bond donors (Lipinski definition) is 0. The Morgan fingerprint density at radius 2 is 1.44 bits per heavy atom. The van der Waals surface area contributed by atoms with Crippen LogP contribution in [0.15, 0.2) is 30.3 Å². The minimum atomic E-state index is -0.315. The standard InChI is InChI=1S/C32H44F2/c1-3-5-7-9-23-11-14-25(15-12-23)29-21-30(33)32(31(34)22-29)28-18-17-26-19-24(10-8-6-4-2)13-16-27(26)20-28/h13,16,19,21-23,25,28H,3-12,14-15,17-18,20H2,1-2H3. The zero-order chi connectivity index (χ0) is 23.9. The van der Waals surface area contributed by atoms with Crippen molar-refractivity contribution in [2.75, 3.05) is 0 Å². The molecular formula is C32H44F2. The van der Waals surface area contributed by atoms with E-state index in [0.29, 0.717) is 11.5 Å². The van der Waals surface area contributed by atoms with Crippen LogP contribution >= 0.6 is 0 Å². The molecule has 0 amide bonds. The average Bonchev–Trinajstić information content (AvgIpc) is 2.84. The van der Waals surface area contributed by atoms with Gasteiger partial charge >= 0.3 is 0 Å². The van der Waals surface area contributed by atoms with Gasteiger partial charge < -0.3 is 0 Å². The molecule has 0 spiro atoms. The van der Waals surface area contributed by atoms with Crippen molar-refractivity contribution in [3.63, 3.8) is 0 Å². The fourth-order valence-electron chi connectivity index (χ4n) is 6.49. The van der Waals surface area contributed by atoms with E-state index in [4.69, 9.17) is 0 Å². The second-order valence-electron chi connectivity index (χ2n) is 11.1. The number of benzene rings is 2. The number of hydrogen-bond acceptors (Lipinski definition) is 0. The Bertz CT molecular complexity index is 900. The molecule has 2 aliphatic carbocycles. The molecule has 186 valence electrons. The summed E-state index contributed by atoms with van der Waals surface area (Å²) in [6.45, 7) is 4.49. The maximum Gasteiger partial charge on any atom is 0.129 e. The van der Waals surface area contributed by atoms with Gasteiger partial charge in [-0.15, -0.1) is 0 Å². The van der Waals surface area contributed by atoms with Crippen LogP contribution in [0.4, 0.5) is 8.78 Å². The summed E-state index contributed by atoms with van der Waals surface area (Å²) in [5.41, 5.74) is 5.29. The van der Waals surface area contributed by atoms with Gasteiger partial charge in [0.25, 0.3) is 0 Å². The van der Waals surface area contributed by atoms with Gasteiger partial charge in [0.15, 0.2) is 0 Å². The summed E-state index contributed by atoms with van der Waals surface area (Å²) in [4.78, 5) is 0. The molecule has 0 bridgehead atoms.